The number of carbonyl (C=O) groups is 1. The first-order valence-corrected chi connectivity index (χ1v) is 7.15. The number of amides is 1. The van der Waals surface area contributed by atoms with Gasteiger partial charge in [-0.3, -0.25) is 4.79 Å². The Morgan fingerprint density at radius 3 is 2.26 bits per heavy atom. The molecule has 1 aliphatic rings. The molecule has 1 amide bonds. The van der Waals surface area contributed by atoms with E-state index in [1.54, 1.807) is 0 Å². The third kappa shape index (κ3) is 4.33. The fourth-order valence-corrected chi connectivity index (χ4v) is 2.60. The number of nitrogens with one attached hydrogen (secondary N) is 1. The van der Waals surface area contributed by atoms with Gasteiger partial charge in [-0.15, -0.1) is 0 Å². The van der Waals surface area contributed by atoms with E-state index in [4.69, 9.17) is 10.2 Å². The van der Waals surface area contributed by atoms with E-state index >= 15 is 0 Å². The molecule has 1 aromatic rings. The number of halogens is 3. The van der Waals surface area contributed by atoms with Crippen LogP contribution in [0.1, 0.15) is 24.0 Å². The Hall–Kier alpha value is -1.86. The first-order chi connectivity index (χ1) is 10.8. The Kier molecular flexibility index (Phi) is 5.11. The Morgan fingerprint density at radius 2 is 1.78 bits per heavy atom. The molecule has 0 aliphatic heterocycles. The highest BCUT2D eigenvalue weighted by Crippen LogP contribution is 2.40. The molecule has 1 aromatic carbocycles. The predicted octanol–water partition coefficient (Wildman–Crippen LogP) is 1.97. The minimum atomic E-state index is -4.38. The average molecular weight is 329 g/mol. The Balaban J connectivity index is 1.85. The maximum atomic E-state index is 12.4. The van der Waals surface area contributed by atoms with Gasteiger partial charge in [-0.25, -0.2) is 0 Å². The largest absolute Gasteiger partial charge is 0.416 e. The number of carbonyl (C=O) groups excluding carboxylic acids is 1. The molecule has 0 heterocycles. The van der Waals surface area contributed by atoms with Crippen LogP contribution in [0.4, 0.5) is 13.2 Å². The number of hydrogen-bond acceptors (Lipinski definition) is 3. The van der Waals surface area contributed by atoms with Crippen LogP contribution in [0.15, 0.2) is 30.3 Å². The molecule has 0 unspecified atom stereocenters. The van der Waals surface area contributed by atoms with Gasteiger partial charge in [0.1, 0.15) is 0 Å². The number of hydrogen-bond donors (Lipinski definition) is 3. The zero-order chi connectivity index (χ0) is 17.1. The van der Waals surface area contributed by atoms with Crippen LogP contribution >= 0.6 is 0 Å². The maximum absolute atomic E-state index is 12.4. The highest BCUT2D eigenvalue weighted by atomic mass is 19.4. The first kappa shape index (κ1) is 17.5. The molecule has 0 atom stereocenters. The highest BCUT2D eigenvalue weighted by Gasteiger charge is 2.43. The SMILES string of the molecule is O=C(C=Cc1ccc(C(F)(F)F)cc1)NC1CC(CO)(CO)C1. The van der Waals surface area contributed by atoms with Crippen molar-refractivity contribution in [3.63, 3.8) is 0 Å². The van der Waals surface area contributed by atoms with Crippen LogP contribution in [0, 0.1) is 5.41 Å². The van der Waals surface area contributed by atoms with Crippen molar-refractivity contribution >= 4 is 12.0 Å². The molecule has 1 fully saturated rings. The quantitative estimate of drug-likeness (QED) is 0.724. The minimum Gasteiger partial charge on any atom is -0.396 e. The summed E-state index contributed by atoms with van der Waals surface area (Å²) in [4.78, 5) is 11.7. The lowest BCUT2D eigenvalue weighted by Crippen LogP contribution is -2.53. The van der Waals surface area contributed by atoms with Crippen LogP contribution < -0.4 is 5.32 Å². The smallest absolute Gasteiger partial charge is 0.396 e. The molecule has 0 bridgehead atoms. The predicted molar refractivity (Wildman–Crippen MR) is 78.2 cm³/mol. The van der Waals surface area contributed by atoms with E-state index in [2.05, 4.69) is 5.32 Å². The lowest BCUT2D eigenvalue weighted by atomic mass is 9.66. The van der Waals surface area contributed by atoms with Gasteiger partial charge in [0.25, 0.3) is 0 Å². The number of benzene rings is 1. The van der Waals surface area contributed by atoms with Crippen molar-refractivity contribution in [2.75, 3.05) is 13.2 Å². The van der Waals surface area contributed by atoms with Crippen LogP contribution in [0.25, 0.3) is 6.08 Å². The van der Waals surface area contributed by atoms with Crippen LogP contribution in [0.3, 0.4) is 0 Å². The summed E-state index contributed by atoms with van der Waals surface area (Å²) in [7, 11) is 0. The summed E-state index contributed by atoms with van der Waals surface area (Å²) in [6.07, 6.45) is -0.699. The molecule has 0 spiro atoms. The zero-order valence-corrected chi connectivity index (χ0v) is 12.3. The van der Waals surface area contributed by atoms with Crippen LogP contribution in [-0.2, 0) is 11.0 Å². The van der Waals surface area contributed by atoms with E-state index < -0.39 is 17.2 Å². The summed E-state index contributed by atoms with van der Waals surface area (Å²) in [5.74, 6) is -0.362. The molecule has 0 aromatic heterocycles. The van der Waals surface area contributed by atoms with Crippen LogP contribution in [-0.4, -0.2) is 35.4 Å². The summed E-state index contributed by atoms with van der Waals surface area (Å²) >= 11 is 0. The van der Waals surface area contributed by atoms with Crippen molar-refractivity contribution in [1.82, 2.24) is 5.32 Å². The van der Waals surface area contributed by atoms with Crippen molar-refractivity contribution in [2.24, 2.45) is 5.41 Å². The molecule has 126 valence electrons. The first-order valence-electron chi connectivity index (χ1n) is 7.15. The number of aliphatic hydroxyl groups excluding tert-OH is 2. The summed E-state index contributed by atoms with van der Waals surface area (Å²) < 4.78 is 37.3. The van der Waals surface area contributed by atoms with Crippen LogP contribution in [0.5, 0.6) is 0 Å². The van der Waals surface area contributed by atoms with E-state index in [9.17, 15) is 18.0 Å². The van der Waals surface area contributed by atoms with Crippen LogP contribution in [0.2, 0.25) is 0 Å². The van der Waals surface area contributed by atoms with Gasteiger partial charge in [0.2, 0.25) is 5.91 Å². The standard InChI is InChI=1S/C16H18F3NO3/c17-16(18,19)12-4-1-11(2-5-12)3-6-14(23)20-13-7-15(8-13,9-21)10-22/h1-6,13,21-22H,7-10H2,(H,20,23). The van der Waals surface area contributed by atoms with Gasteiger partial charge >= 0.3 is 6.18 Å². The zero-order valence-electron chi connectivity index (χ0n) is 12.3. The summed E-state index contributed by atoms with van der Waals surface area (Å²) in [6, 6.07) is 4.39. The molecule has 3 N–H and O–H groups in total. The topological polar surface area (TPSA) is 69.6 Å². The highest BCUT2D eigenvalue weighted by molar-refractivity contribution is 5.92. The fourth-order valence-electron chi connectivity index (χ4n) is 2.60. The third-order valence-corrected chi connectivity index (χ3v) is 4.04. The second-order valence-corrected chi connectivity index (χ2v) is 5.88. The van der Waals surface area contributed by atoms with Gasteiger partial charge in [0.05, 0.1) is 18.8 Å². The lowest BCUT2D eigenvalue weighted by molar-refractivity contribution is -0.137. The molecular weight excluding hydrogens is 311 g/mol. The average Bonchev–Trinajstić information content (AvgIpc) is 2.48. The molecule has 7 heteroatoms. The van der Waals surface area contributed by atoms with E-state index in [1.807, 2.05) is 0 Å². The number of rotatable bonds is 5. The molecule has 0 radical (unpaired) electrons. The van der Waals surface area contributed by atoms with Gasteiger partial charge < -0.3 is 15.5 Å². The molecule has 1 aliphatic carbocycles. The van der Waals surface area contributed by atoms with E-state index in [-0.39, 0.29) is 25.2 Å². The monoisotopic (exact) mass is 329 g/mol. The fraction of sp³-hybridized carbons (Fsp3) is 0.438. The molecule has 1 saturated carbocycles. The van der Waals surface area contributed by atoms with E-state index in [0.717, 1.165) is 12.1 Å². The van der Waals surface area contributed by atoms with E-state index in [0.29, 0.717) is 18.4 Å². The van der Waals surface area contributed by atoms with Gasteiger partial charge in [-0.2, -0.15) is 13.2 Å². The summed E-state index contributed by atoms with van der Waals surface area (Å²) in [6.45, 7) is -0.255. The minimum absolute atomic E-state index is 0.112. The Morgan fingerprint density at radius 1 is 1.22 bits per heavy atom. The van der Waals surface area contributed by atoms with Crippen molar-refractivity contribution in [3.8, 4) is 0 Å². The van der Waals surface area contributed by atoms with Crippen molar-refractivity contribution in [3.05, 3.63) is 41.5 Å². The maximum Gasteiger partial charge on any atom is 0.416 e. The van der Waals surface area contributed by atoms with Gasteiger partial charge in [-0.05, 0) is 36.6 Å². The normalized spacial score (nSPS) is 18.0. The van der Waals surface area contributed by atoms with Crippen molar-refractivity contribution in [1.29, 1.82) is 0 Å². The van der Waals surface area contributed by atoms with Crippen molar-refractivity contribution < 1.29 is 28.2 Å². The number of alkyl halides is 3. The molecule has 0 saturated heterocycles. The van der Waals surface area contributed by atoms with Gasteiger partial charge in [0.15, 0.2) is 0 Å². The summed E-state index contributed by atoms with van der Waals surface area (Å²) in [5, 5.41) is 21.0. The lowest BCUT2D eigenvalue weighted by Gasteiger charge is -2.45. The Bertz CT molecular complexity index is 569. The molecule has 4 nitrogen and oxygen atoms in total. The molecule has 2 rings (SSSR count). The number of aliphatic hydroxyl groups is 2. The molecular formula is C16H18F3NO3. The van der Waals surface area contributed by atoms with Crippen molar-refractivity contribution in [2.45, 2.75) is 25.1 Å². The third-order valence-electron chi connectivity index (χ3n) is 4.04. The van der Waals surface area contributed by atoms with Gasteiger partial charge in [-0.1, -0.05) is 12.1 Å². The van der Waals surface area contributed by atoms with E-state index in [1.165, 1.54) is 24.3 Å². The molecule has 23 heavy (non-hydrogen) atoms. The Labute approximate surface area is 131 Å². The second kappa shape index (κ2) is 6.72. The van der Waals surface area contributed by atoms with Gasteiger partial charge in [0, 0.05) is 17.5 Å². The second-order valence-electron chi connectivity index (χ2n) is 5.88. The summed E-state index contributed by atoms with van der Waals surface area (Å²) in [5.41, 5.74) is -0.769.